The number of aromatic amines is 2. The molecule has 3 aromatic heterocycles. The molecule has 0 amide bonds. The Bertz CT molecular complexity index is 3120. The number of pyridine rings is 1. The molecule has 8 aromatic carbocycles. The van der Waals surface area contributed by atoms with E-state index < -0.39 is 0 Å². The summed E-state index contributed by atoms with van der Waals surface area (Å²) in [5, 5.41) is 12.4. The number of para-hydroxylation sites is 3. The van der Waals surface area contributed by atoms with Crippen LogP contribution in [0.4, 0.5) is 0 Å². The van der Waals surface area contributed by atoms with Gasteiger partial charge in [0.1, 0.15) is 0 Å². The number of hydrogen-bond donors (Lipinski definition) is 2. The number of aromatic nitrogens is 3. The Kier molecular flexibility index (Phi) is 5.67. The van der Waals surface area contributed by atoms with Gasteiger partial charge in [0.2, 0.25) is 0 Å². The number of nitrogens with zero attached hydrogens (tertiary/aromatic N) is 1. The fourth-order valence-corrected chi connectivity index (χ4v) is 8.49. The van der Waals surface area contributed by atoms with Gasteiger partial charge in [0.05, 0.1) is 16.7 Å². The van der Waals surface area contributed by atoms with Gasteiger partial charge in [-0.15, -0.1) is 0 Å². The van der Waals surface area contributed by atoms with Crippen LogP contribution >= 0.6 is 0 Å². The summed E-state index contributed by atoms with van der Waals surface area (Å²) in [5.74, 6) is 0. The molecular weight excluding hydrogens is 607 g/mol. The van der Waals surface area contributed by atoms with E-state index in [1.54, 1.807) is 0 Å². The second-order valence-electron chi connectivity index (χ2n) is 13.2. The molecule has 11 rings (SSSR count). The highest BCUT2D eigenvalue weighted by Crippen LogP contribution is 2.48. The van der Waals surface area contributed by atoms with Crippen LogP contribution < -0.4 is 0 Å². The summed E-state index contributed by atoms with van der Waals surface area (Å²) in [7, 11) is 0. The Morgan fingerprint density at radius 3 is 1.52 bits per heavy atom. The number of fused-ring (bicyclic) bond motifs is 12. The molecule has 3 heteroatoms. The first kappa shape index (κ1) is 27.3. The van der Waals surface area contributed by atoms with Crippen molar-refractivity contribution in [3.63, 3.8) is 0 Å². The first-order valence-corrected chi connectivity index (χ1v) is 17.1. The third kappa shape index (κ3) is 3.77. The van der Waals surface area contributed by atoms with E-state index >= 15 is 0 Å². The van der Waals surface area contributed by atoms with Gasteiger partial charge in [-0.2, -0.15) is 0 Å². The van der Waals surface area contributed by atoms with E-state index in [2.05, 4.69) is 168 Å². The molecule has 2 N–H and O–H groups in total. The van der Waals surface area contributed by atoms with E-state index in [9.17, 15) is 0 Å². The van der Waals surface area contributed by atoms with E-state index in [1.165, 1.54) is 59.4 Å². The lowest BCUT2D eigenvalue weighted by atomic mass is 9.85. The standard InChI is InChI=1S/C47H29N3/c1-2-13-30-28(12-1)29-14-3-4-17-33(29)43-34(30)18-9-21-39(43)44-40(26-25-38-32-16-6-8-24-42(32)50-47(38)44)45-36(22-11-27-48-45)37-20-10-19-35-31-15-5-7-23-41(31)49-46(35)37/h1-27,49-50H. The largest absolute Gasteiger partial charge is 0.354 e. The van der Waals surface area contributed by atoms with Gasteiger partial charge in [0.25, 0.3) is 0 Å². The topological polar surface area (TPSA) is 44.5 Å². The van der Waals surface area contributed by atoms with E-state index in [0.29, 0.717) is 0 Å². The van der Waals surface area contributed by atoms with Gasteiger partial charge < -0.3 is 9.97 Å². The van der Waals surface area contributed by atoms with Crippen LogP contribution in [0.2, 0.25) is 0 Å². The lowest BCUT2D eigenvalue weighted by Crippen LogP contribution is -1.95. The number of hydrogen-bond acceptors (Lipinski definition) is 1. The molecule has 50 heavy (non-hydrogen) atoms. The van der Waals surface area contributed by atoms with Gasteiger partial charge in [-0.25, -0.2) is 0 Å². The quantitative estimate of drug-likeness (QED) is 0.186. The van der Waals surface area contributed by atoms with Gasteiger partial charge in [0.15, 0.2) is 0 Å². The van der Waals surface area contributed by atoms with Crippen molar-refractivity contribution < 1.29 is 0 Å². The van der Waals surface area contributed by atoms with Crippen LogP contribution in [0.5, 0.6) is 0 Å². The van der Waals surface area contributed by atoms with Crippen LogP contribution in [-0.2, 0) is 0 Å². The van der Waals surface area contributed by atoms with Crippen molar-refractivity contribution in [3.8, 4) is 33.5 Å². The molecule has 0 aliphatic rings. The zero-order valence-electron chi connectivity index (χ0n) is 27.0. The van der Waals surface area contributed by atoms with E-state index in [1.807, 2.05) is 6.20 Å². The van der Waals surface area contributed by atoms with Crippen LogP contribution in [0.25, 0.3) is 109 Å². The van der Waals surface area contributed by atoms with Gasteiger partial charge in [0, 0.05) is 61.0 Å². The zero-order valence-corrected chi connectivity index (χ0v) is 27.0. The molecule has 0 aliphatic carbocycles. The molecule has 0 saturated carbocycles. The highest BCUT2D eigenvalue weighted by Gasteiger charge is 2.23. The van der Waals surface area contributed by atoms with E-state index in [0.717, 1.165) is 50.0 Å². The summed E-state index contributed by atoms with van der Waals surface area (Å²) in [4.78, 5) is 12.8. The Morgan fingerprint density at radius 1 is 0.320 bits per heavy atom. The molecule has 0 spiro atoms. The fourth-order valence-electron chi connectivity index (χ4n) is 8.49. The number of nitrogens with one attached hydrogen (secondary N) is 2. The molecular formula is C47H29N3. The van der Waals surface area contributed by atoms with Gasteiger partial charge in [-0.05, 0) is 56.1 Å². The minimum atomic E-state index is 0.955. The van der Waals surface area contributed by atoms with Crippen LogP contribution in [0.15, 0.2) is 164 Å². The van der Waals surface area contributed by atoms with Crippen LogP contribution in [0, 0.1) is 0 Å². The molecule has 3 nitrogen and oxygen atoms in total. The lowest BCUT2D eigenvalue weighted by molar-refractivity contribution is 1.33. The minimum absolute atomic E-state index is 0.955. The number of H-pyrrole nitrogens is 2. The summed E-state index contributed by atoms with van der Waals surface area (Å²) in [5.41, 5.74) is 11.1. The predicted octanol–water partition coefficient (Wildman–Crippen LogP) is 12.8. The summed E-state index contributed by atoms with van der Waals surface area (Å²) < 4.78 is 0. The minimum Gasteiger partial charge on any atom is -0.354 e. The average molecular weight is 636 g/mol. The summed E-state index contributed by atoms with van der Waals surface area (Å²) in [6, 6.07) is 57.0. The highest BCUT2D eigenvalue weighted by atomic mass is 14.7. The van der Waals surface area contributed by atoms with Gasteiger partial charge in [-0.1, -0.05) is 140 Å². The molecule has 0 atom stereocenters. The van der Waals surface area contributed by atoms with Crippen molar-refractivity contribution in [2.45, 2.75) is 0 Å². The summed E-state index contributed by atoms with van der Waals surface area (Å²) in [6.45, 7) is 0. The maximum absolute atomic E-state index is 5.20. The maximum atomic E-state index is 5.20. The normalized spacial score (nSPS) is 12.0. The van der Waals surface area contributed by atoms with Gasteiger partial charge in [-0.3, -0.25) is 4.98 Å². The Morgan fingerprint density at radius 2 is 0.820 bits per heavy atom. The Balaban J connectivity index is 1.30. The first-order chi connectivity index (χ1) is 24.8. The number of benzene rings is 8. The molecule has 0 bridgehead atoms. The second-order valence-corrected chi connectivity index (χ2v) is 13.2. The molecule has 0 aliphatic heterocycles. The molecule has 0 unspecified atom stereocenters. The summed E-state index contributed by atoms with van der Waals surface area (Å²) >= 11 is 0. The molecule has 11 aromatic rings. The van der Waals surface area contributed by atoms with Gasteiger partial charge >= 0.3 is 0 Å². The third-order valence-corrected chi connectivity index (χ3v) is 10.6. The van der Waals surface area contributed by atoms with Crippen molar-refractivity contribution in [2.75, 3.05) is 0 Å². The highest BCUT2D eigenvalue weighted by molar-refractivity contribution is 6.30. The Hall–Kier alpha value is -6.71. The Labute approximate surface area is 287 Å². The molecule has 232 valence electrons. The van der Waals surface area contributed by atoms with E-state index in [4.69, 9.17) is 4.98 Å². The zero-order chi connectivity index (χ0) is 32.8. The maximum Gasteiger partial charge on any atom is 0.0788 e. The van der Waals surface area contributed by atoms with Crippen molar-refractivity contribution >= 4 is 75.9 Å². The van der Waals surface area contributed by atoms with Crippen LogP contribution in [0.1, 0.15) is 0 Å². The van der Waals surface area contributed by atoms with Crippen LogP contribution in [0.3, 0.4) is 0 Å². The second kappa shape index (κ2) is 10.4. The van der Waals surface area contributed by atoms with Crippen LogP contribution in [-0.4, -0.2) is 15.0 Å². The molecule has 3 heterocycles. The van der Waals surface area contributed by atoms with Crippen molar-refractivity contribution in [2.24, 2.45) is 0 Å². The fraction of sp³-hybridized carbons (Fsp3) is 0. The van der Waals surface area contributed by atoms with Crippen molar-refractivity contribution in [1.29, 1.82) is 0 Å². The lowest BCUT2D eigenvalue weighted by Gasteiger charge is -2.19. The SMILES string of the molecule is c1cnc(-c2ccc3c([nH]c4ccccc43)c2-c2cccc3c4ccccc4c4ccccc4c23)c(-c2cccc3c2[nH]c2ccccc23)c1. The molecule has 0 radical (unpaired) electrons. The average Bonchev–Trinajstić information content (AvgIpc) is 3.76. The first-order valence-electron chi connectivity index (χ1n) is 17.1. The smallest absolute Gasteiger partial charge is 0.0788 e. The number of rotatable bonds is 3. The van der Waals surface area contributed by atoms with Crippen molar-refractivity contribution in [1.82, 2.24) is 15.0 Å². The monoisotopic (exact) mass is 635 g/mol. The third-order valence-electron chi connectivity index (χ3n) is 10.6. The summed E-state index contributed by atoms with van der Waals surface area (Å²) in [6.07, 6.45) is 1.93. The van der Waals surface area contributed by atoms with E-state index in [-0.39, 0.29) is 0 Å². The molecule has 0 saturated heterocycles. The van der Waals surface area contributed by atoms with Crippen molar-refractivity contribution in [3.05, 3.63) is 164 Å². The predicted molar refractivity (Wildman–Crippen MR) is 212 cm³/mol. The molecule has 0 fully saturated rings.